The SMILES string of the molecule is O=C(N/N=C/c1ccccc1O)c1cc(-c2cccc(OCc3ccccc3)c2)n[nH]1. The van der Waals surface area contributed by atoms with E-state index in [9.17, 15) is 9.90 Å². The van der Waals surface area contributed by atoms with Gasteiger partial charge in [-0.15, -0.1) is 0 Å². The molecule has 0 aliphatic rings. The highest BCUT2D eigenvalue weighted by Gasteiger charge is 2.11. The van der Waals surface area contributed by atoms with Crippen LogP contribution < -0.4 is 10.2 Å². The summed E-state index contributed by atoms with van der Waals surface area (Å²) in [7, 11) is 0. The predicted molar refractivity (Wildman–Crippen MR) is 118 cm³/mol. The fourth-order valence-corrected chi connectivity index (χ4v) is 2.89. The molecule has 4 rings (SSSR count). The quantitative estimate of drug-likeness (QED) is 0.314. The van der Waals surface area contributed by atoms with Crippen molar-refractivity contribution < 1.29 is 14.6 Å². The topological polar surface area (TPSA) is 99.6 Å². The number of hydrogen-bond acceptors (Lipinski definition) is 5. The van der Waals surface area contributed by atoms with Gasteiger partial charge in [0.2, 0.25) is 0 Å². The highest BCUT2D eigenvalue weighted by molar-refractivity contribution is 5.94. The van der Waals surface area contributed by atoms with E-state index >= 15 is 0 Å². The van der Waals surface area contributed by atoms with Crippen molar-refractivity contribution in [1.82, 2.24) is 15.6 Å². The molecule has 0 saturated heterocycles. The molecule has 0 bridgehead atoms. The Hall–Kier alpha value is -4.39. The van der Waals surface area contributed by atoms with E-state index in [1.807, 2.05) is 54.6 Å². The smallest absolute Gasteiger partial charge is 0.289 e. The molecule has 0 fully saturated rings. The van der Waals surface area contributed by atoms with E-state index in [0.29, 0.717) is 23.6 Å². The van der Waals surface area contributed by atoms with Gasteiger partial charge >= 0.3 is 0 Å². The number of nitrogens with zero attached hydrogens (tertiary/aromatic N) is 2. The van der Waals surface area contributed by atoms with Crippen molar-refractivity contribution in [1.29, 1.82) is 0 Å². The van der Waals surface area contributed by atoms with Crippen LogP contribution in [0.25, 0.3) is 11.3 Å². The summed E-state index contributed by atoms with van der Waals surface area (Å²) in [6.45, 7) is 0.466. The van der Waals surface area contributed by atoms with Crippen molar-refractivity contribution in [3.8, 4) is 22.8 Å². The van der Waals surface area contributed by atoms with Crippen molar-refractivity contribution >= 4 is 12.1 Å². The number of benzene rings is 3. The Balaban J connectivity index is 1.40. The summed E-state index contributed by atoms with van der Waals surface area (Å²) < 4.78 is 5.86. The number of aromatic nitrogens is 2. The Kier molecular flexibility index (Phi) is 6.04. The number of hydrogen-bond donors (Lipinski definition) is 3. The number of rotatable bonds is 7. The Morgan fingerprint density at radius 3 is 2.68 bits per heavy atom. The molecule has 0 aliphatic heterocycles. The van der Waals surface area contributed by atoms with E-state index in [-0.39, 0.29) is 11.4 Å². The number of H-pyrrole nitrogens is 1. The molecule has 1 aromatic heterocycles. The largest absolute Gasteiger partial charge is 0.507 e. The summed E-state index contributed by atoms with van der Waals surface area (Å²) >= 11 is 0. The lowest BCUT2D eigenvalue weighted by molar-refractivity contribution is 0.0950. The van der Waals surface area contributed by atoms with E-state index in [0.717, 1.165) is 11.1 Å². The lowest BCUT2D eigenvalue weighted by Crippen LogP contribution is -2.18. The van der Waals surface area contributed by atoms with Gasteiger partial charge in [0.25, 0.3) is 5.91 Å². The summed E-state index contributed by atoms with van der Waals surface area (Å²) in [4.78, 5) is 12.3. The van der Waals surface area contributed by atoms with Crippen molar-refractivity contribution in [2.24, 2.45) is 5.10 Å². The number of para-hydroxylation sites is 1. The third-order valence-electron chi connectivity index (χ3n) is 4.51. The summed E-state index contributed by atoms with van der Waals surface area (Å²) in [6, 6.07) is 25.8. The number of nitrogens with one attached hydrogen (secondary N) is 2. The minimum Gasteiger partial charge on any atom is -0.507 e. The number of aromatic amines is 1. The predicted octanol–water partition coefficient (Wildman–Crippen LogP) is 4.13. The van der Waals surface area contributed by atoms with Gasteiger partial charge in [-0.3, -0.25) is 9.89 Å². The molecule has 7 nitrogen and oxygen atoms in total. The van der Waals surface area contributed by atoms with Gasteiger partial charge in [0, 0.05) is 11.1 Å². The molecular weight excluding hydrogens is 392 g/mol. The third-order valence-corrected chi connectivity index (χ3v) is 4.51. The molecule has 1 heterocycles. The van der Waals surface area contributed by atoms with E-state index in [1.54, 1.807) is 30.3 Å². The van der Waals surface area contributed by atoms with Gasteiger partial charge in [0.1, 0.15) is 23.8 Å². The summed E-state index contributed by atoms with van der Waals surface area (Å²) in [5.41, 5.74) is 5.69. The van der Waals surface area contributed by atoms with Crippen LogP contribution >= 0.6 is 0 Å². The Morgan fingerprint density at radius 2 is 1.84 bits per heavy atom. The molecule has 4 aromatic rings. The maximum Gasteiger partial charge on any atom is 0.289 e. The lowest BCUT2D eigenvalue weighted by atomic mass is 10.1. The first-order valence-corrected chi connectivity index (χ1v) is 9.63. The first-order chi connectivity index (χ1) is 15.2. The molecule has 7 heteroatoms. The summed E-state index contributed by atoms with van der Waals surface area (Å²) in [5.74, 6) is 0.350. The van der Waals surface area contributed by atoms with Crippen molar-refractivity contribution in [2.75, 3.05) is 0 Å². The molecule has 0 unspecified atom stereocenters. The van der Waals surface area contributed by atoms with Gasteiger partial charge in [0.05, 0.1) is 11.9 Å². The van der Waals surface area contributed by atoms with Crippen LogP contribution in [0.1, 0.15) is 21.6 Å². The number of amides is 1. The minimum absolute atomic E-state index is 0.0821. The zero-order valence-electron chi connectivity index (χ0n) is 16.5. The third kappa shape index (κ3) is 5.16. The number of aromatic hydroxyl groups is 1. The van der Waals surface area contributed by atoms with Crippen molar-refractivity contribution in [3.05, 3.63) is 102 Å². The molecule has 1 amide bonds. The molecule has 0 saturated carbocycles. The fraction of sp³-hybridized carbons (Fsp3) is 0.0417. The summed E-state index contributed by atoms with van der Waals surface area (Å²) in [5, 5.41) is 20.5. The monoisotopic (exact) mass is 412 g/mol. The number of hydrazone groups is 1. The van der Waals surface area contributed by atoms with Crippen LogP contribution in [0.4, 0.5) is 0 Å². The normalized spacial score (nSPS) is 10.8. The Bertz CT molecular complexity index is 1200. The van der Waals surface area contributed by atoms with Crippen molar-refractivity contribution in [2.45, 2.75) is 6.61 Å². The van der Waals surface area contributed by atoms with Crippen LogP contribution in [0, 0.1) is 0 Å². The van der Waals surface area contributed by atoms with Crippen LogP contribution in [-0.4, -0.2) is 27.4 Å². The lowest BCUT2D eigenvalue weighted by Gasteiger charge is -2.07. The van der Waals surface area contributed by atoms with Crippen molar-refractivity contribution in [3.63, 3.8) is 0 Å². The molecule has 31 heavy (non-hydrogen) atoms. The van der Waals surface area contributed by atoms with Gasteiger partial charge in [-0.05, 0) is 35.9 Å². The second-order valence-corrected chi connectivity index (χ2v) is 6.73. The molecule has 154 valence electrons. The molecular formula is C24H20N4O3. The molecule has 0 aliphatic carbocycles. The maximum absolute atomic E-state index is 12.3. The molecule has 0 spiro atoms. The van der Waals surface area contributed by atoms with Crippen LogP contribution in [-0.2, 0) is 6.61 Å². The first-order valence-electron chi connectivity index (χ1n) is 9.63. The highest BCUT2D eigenvalue weighted by Crippen LogP contribution is 2.23. The van der Waals surface area contributed by atoms with E-state index in [1.165, 1.54) is 6.21 Å². The molecule has 0 radical (unpaired) electrons. The highest BCUT2D eigenvalue weighted by atomic mass is 16.5. The van der Waals surface area contributed by atoms with Crippen LogP contribution in [0.2, 0.25) is 0 Å². The van der Waals surface area contributed by atoms with Crippen LogP contribution in [0.5, 0.6) is 11.5 Å². The first kappa shape index (κ1) is 19.9. The van der Waals surface area contributed by atoms with Crippen LogP contribution in [0.15, 0.2) is 90.0 Å². The zero-order valence-corrected chi connectivity index (χ0v) is 16.5. The number of ether oxygens (including phenoxy) is 1. The fourth-order valence-electron chi connectivity index (χ4n) is 2.89. The van der Waals surface area contributed by atoms with E-state index in [2.05, 4.69) is 20.7 Å². The zero-order chi connectivity index (χ0) is 21.5. The van der Waals surface area contributed by atoms with E-state index in [4.69, 9.17) is 4.74 Å². The second kappa shape index (κ2) is 9.41. The average molecular weight is 412 g/mol. The van der Waals surface area contributed by atoms with Gasteiger partial charge in [-0.1, -0.05) is 54.6 Å². The van der Waals surface area contributed by atoms with Gasteiger partial charge in [-0.25, -0.2) is 5.43 Å². The molecule has 3 N–H and O–H groups in total. The summed E-state index contributed by atoms with van der Waals surface area (Å²) in [6.07, 6.45) is 1.37. The van der Waals surface area contributed by atoms with Crippen LogP contribution in [0.3, 0.4) is 0 Å². The standard InChI is InChI=1S/C24H20N4O3/c29-23-12-5-4-9-19(23)15-25-28-24(30)22-14-21(26-27-22)18-10-6-11-20(13-18)31-16-17-7-2-1-3-8-17/h1-15,29H,16H2,(H,26,27)(H,28,30)/b25-15+. The number of phenolic OH excluding ortho intramolecular Hbond substituents is 1. The number of phenols is 1. The number of carbonyl (C=O) groups excluding carboxylic acids is 1. The Labute approximate surface area is 179 Å². The van der Waals surface area contributed by atoms with Gasteiger partial charge in [-0.2, -0.15) is 10.2 Å². The Morgan fingerprint density at radius 1 is 1.03 bits per heavy atom. The van der Waals surface area contributed by atoms with Gasteiger partial charge < -0.3 is 9.84 Å². The molecule has 3 aromatic carbocycles. The van der Waals surface area contributed by atoms with Gasteiger partial charge in [0.15, 0.2) is 0 Å². The maximum atomic E-state index is 12.3. The minimum atomic E-state index is -0.443. The molecule has 0 atom stereocenters. The second-order valence-electron chi connectivity index (χ2n) is 6.73. The average Bonchev–Trinajstić information content (AvgIpc) is 3.30. The number of carbonyl (C=O) groups is 1. The van der Waals surface area contributed by atoms with E-state index < -0.39 is 5.91 Å².